The molecule has 1 aliphatic rings. The predicted molar refractivity (Wildman–Crippen MR) is 78.2 cm³/mol. The van der Waals surface area contributed by atoms with Crippen LogP contribution in [0.4, 0.5) is 0 Å². The fourth-order valence-electron chi connectivity index (χ4n) is 2.27. The molecule has 1 aliphatic carbocycles. The number of hydrogen-bond acceptors (Lipinski definition) is 4. The summed E-state index contributed by atoms with van der Waals surface area (Å²) >= 11 is 0. The fraction of sp³-hybridized carbons (Fsp3) is 0.571. The Morgan fingerprint density at radius 2 is 2.15 bits per heavy atom. The van der Waals surface area contributed by atoms with E-state index in [4.69, 9.17) is 10.5 Å². The zero-order chi connectivity index (χ0) is 14.8. The van der Waals surface area contributed by atoms with Gasteiger partial charge < -0.3 is 10.5 Å². The van der Waals surface area contributed by atoms with Gasteiger partial charge in [-0.1, -0.05) is 6.92 Å². The van der Waals surface area contributed by atoms with Gasteiger partial charge in [-0.2, -0.15) is 0 Å². The first kappa shape index (κ1) is 15.3. The lowest BCUT2D eigenvalue weighted by Gasteiger charge is -2.12. The third-order valence-electron chi connectivity index (χ3n) is 3.78. The highest BCUT2D eigenvalue weighted by Crippen LogP contribution is 2.37. The summed E-state index contributed by atoms with van der Waals surface area (Å²) < 4.78 is 32.6. The lowest BCUT2D eigenvalue weighted by Crippen LogP contribution is -2.27. The van der Waals surface area contributed by atoms with E-state index in [0.29, 0.717) is 47.6 Å². The molecule has 0 saturated heterocycles. The molecule has 0 amide bonds. The average Bonchev–Trinajstić information content (AvgIpc) is 3.13. The molecule has 0 spiro atoms. The van der Waals surface area contributed by atoms with Crippen LogP contribution < -0.4 is 15.2 Å². The summed E-state index contributed by atoms with van der Waals surface area (Å²) in [6.45, 7) is 3.04. The van der Waals surface area contributed by atoms with Crippen LogP contribution >= 0.6 is 0 Å². The van der Waals surface area contributed by atoms with Gasteiger partial charge in [0.05, 0.1) is 12.0 Å². The molecule has 112 valence electrons. The quantitative estimate of drug-likeness (QED) is 0.790. The number of hydrogen-bond donors (Lipinski definition) is 2. The molecule has 0 bridgehead atoms. The van der Waals surface area contributed by atoms with Crippen molar-refractivity contribution in [1.82, 2.24) is 4.72 Å². The summed E-state index contributed by atoms with van der Waals surface area (Å²) in [4.78, 5) is 0.303. The molecule has 0 heterocycles. The first-order chi connectivity index (χ1) is 9.47. The summed E-state index contributed by atoms with van der Waals surface area (Å²) in [5.41, 5.74) is 6.26. The average molecular weight is 298 g/mol. The monoisotopic (exact) mass is 298 g/mol. The standard InChI is InChI=1S/C14H22N2O3S/c1-10-7-12(10)9-16-20(17,18)14-4-3-13(19-2)8-11(14)5-6-15/h3-4,8,10,12,16H,5-7,9,15H2,1-2H3. The lowest BCUT2D eigenvalue weighted by molar-refractivity contribution is 0.413. The van der Waals surface area contributed by atoms with Crippen molar-refractivity contribution in [2.45, 2.75) is 24.7 Å². The number of nitrogens with two attached hydrogens (primary N) is 1. The number of rotatable bonds is 7. The third kappa shape index (κ3) is 3.50. The fourth-order valence-corrected chi connectivity index (χ4v) is 3.62. The van der Waals surface area contributed by atoms with E-state index in [-0.39, 0.29) is 0 Å². The predicted octanol–water partition coefficient (Wildman–Crippen LogP) is 1.13. The van der Waals surface area contributed by atoms with Crippen LogP contribution in [0.1, 0.15) is 18.9 Å². The van der Waals surface area contributed by atoms with Crippen molar-refractivity contribution >= 4 is 10.0 Å². The van der Waals surface area contributed by atoms with Crippen molar-refractivity contribution in [1.29, 1.82) is 0 Å². The molecule has 1 fully saturated rings. The van der Waals surface area contributed by atoms with Crippen LogP contribution in [-0.2, 0) is 16.4 Å². The molecule has 1 aromatic carbocycles. The van der Waals surface area contributed by atoms with Gasteiger partial charge in [0, 0.05) is 6.54 Å². The molecule has 6 heteroatoms. The maximum atomic E-state index is 12.4. The second-order valence-corrected chi connectivity index (χ2v) is 7.07. The molecular formula is C14H22N2O3S. The SMILES string of the molecule is COc1ccc(S(=O)(=O)NCC2CC2C)c(CCN)c1. The third-order valence-corrected chi connectivity index (χ3v) is 5.31. The van der Waals surface area contributed by atoms with Gasteiger partial charge in [0.25, 0.3) is 0 Å². The van der Waals surface area contributed by atoms with Gasteiger partial charge in [-0.3, -0.25) is 0 Å². The molecule has 0 radical (unpaired) electrons. The minimum Gasteiger partial charge on any atom is -0.497 e. The highest BCUT2D eigenvalue weighted by molar-refractivity contribution is 7.89. The Hall–Kier alpha value is -1.11. The normalized spacial score (nSPS) is 21.8. The van der Waals surface area contributed by atoms with Gasteiger partial charge in [0.15, 0.2) is 0 Å². The highest BCUT2D eigenvalue weighted by atomic mass is 32.2. The van der Waals surface area contributed by atoms with Crippen molar-refractivity contribution in [3.63, 3.8) is 0 Å². The molecule has 1 aromatic rings. The molecule has 0 aliphatic heterocycles. The van der Waals surface area contributed by atoms with E-state index in [2.05, 4.69) is 11.6 Å². The van der Waals surface area contributed by atoms with Gasteiger partial charge in [0.1, 0.15) is 5.75 Å². The number of ether oxygens (including phenoxy) is 1. The zero-order valence-electron chi connectivity index (χ0n) is 11.9. The van der Waals surface area contributed by atoms with Crippen LogP contribution in [0.2, 0.25) is 0 Å². The Morgan fingerprint density at radius 1 is 1.45 bits per heavy atom. The van der Waals surface area contributed by atoms with Crippen LogP contribution in [0.3, 0.4) is 0 Å². The number of methoxy groups -OCH3 is 1. The maximum absolute atomic E-state index is 12.4. The Morgan fingerprint density at radius 3 is 2.70 bits per heavy atom. The van der Waals surface area contributed by atoms with E-state index in [1.54, 1.807) is 25.3 Å². The first-order valence-corrected chi connectivity index (χ1v) is 8.33. The van der Waals surface area contributed by atoms with Crippen LogP contribution in [-0.4, -0.2) is 28.6 Å². The van der Waals surface area contributed by atoms with Crippen LogP contribution in [0.15, 0.2) is 23.1 Å². The van der Waals surface area contributed by atoms with E-state index < -0.39 is 10.0 Å². The van der Waals surface area contributed by atoms with Gasteiger partial charge in [-0.05, 0) is 55.0 Å². The molecule has 1 saturated carbocycles. The van der Waals surface area contributed by atoms with Crippen molar-refractivity contribution in [2.24, 2.45) is 17.6 Å². The van der Waals surface area contributed by atoms with Gasteiger partial charge in [-0.15, -0.1) is 0 Å². The van der Waals surface area contributed by atoms with Gasteiger partial charge >= 0.3 is 0 Å². The first-order valence-electron chi connectivity index (χ1n) is 6.84. The van der Waals surface area contributed by atoms with Gasteiger partial charge in [0.2, 0.25) is 10.0 Å². The van der Waals surface area contributed by atoms with E-state index in [1.807, 2.05) is 0 Å². The van der Waals surface area contributed by atoms with Gasteiger partial charge in [-0.25, -0.2) is 13.1 Å². The second kappa shape index (κ2) is 6.11. The highest BCUT2D eigenvalue weighted by Gasteiger charge is 2.33. The largest absolute Gasteiger partial charge is 0.497 e. The molecule has 2 rings (SSSR count). The van der Waals surface area contributed by atoms with Crippen LogP contribution in [0, 0.1) is 11.8 Å². The number of sulfonamides is 1. The summed E-state index contributed by atoms with van der Waals surface area (Å²) in [6, 6.07) is 4.98. The molecule has 5 nitrogen and oxygen atoms in total. The zero-order valence-corrected chi connectivity index (χ0v) is 12.7. The molecule has 0 aromatic heterocycles. The van der Waals surface area contributed by atoms with Crippen molar-refractivity contribution in [3.05, 3.63) is 23.8 Å². The Bertz CT molecular complexity index is 572. The number of benzene rings is 1. The van der Waals surface area contributed by atoms with Crippen molar-refractivity contribution in [2.75, 3.05) is 20.2 Å². The summed E-state index contributed by atoms with van der Waals surface area (Å²) in [5, 5.41) is 0. The molecule has 3 N–H and O–H groups in total. The minimum atomic E-state index is -3.48. The smallest absolute Gasteiger partial charge is 0.240 e. The molecular weight excluding hydrogens is 276 g/mol. The van der Waals surface area contributed by atoms with Crippen molar-refractivity contribution in [3.8, 4) is 5.75 Å². The summed E-state index contributed by atoms with van der Waals surface area (Å²) in [5.74, 6) is 1.74. The lowest BCUT2D eigenvalue weighted by atomic mass is 10.1. The maximum Gasteiger partial charge on any atom is 0.240 e. The number of nitrogens with one attached hydrogen (secondary N) is 1. The summed E-state index contributed by atoms with van der Waals surface area (Å²) in [6.07, 6.45) is 1.61. The van der Waals surface area contributed by atoms with E-state index in [0.717, 1.165) is 6.42 Å². The van der Waals surface area contributed by atoms with E-state index >= 15 is 0 Å². The Kier molecular flexibility index (Phi) is 4.67. The molecule has 2 atom stereocenters. The summed E-state index contributed by atoms with van der Waals surface area (Å²) in [7, 11) is -1.92. The van der Waals surface area contributed by atoms with Crippen molar-refractivity contribution < 1.29 is 13.2 Å². The molecule has 20 heavy (non-hydrogen) atoms. The minimum absolute atomic E-state index is 0.303. The Balaban J connectivity index is 2.20. The topological polar surface area (TPSA) is 81.4 Å². The van der Waals surface area contributed by atoms with Crippen LogP contribution in [0.25, 0.3) is 0 Å². The Labute approximate surface area is 120 Å². The van der Waals surface area contributed by atoms with E-state index in [9.17, 15) is 8.42 Å². The molecule has 2 unspecified atom stereocenters. The second-order valence-electron chi connectivity index (χ2n) is 5.34. The van der Waals surface area contributed by atoms with Crippen LogP contribution in [0.5, 0.6) is 5.75 Å². The van der Waals surface area contributed by atoms with E-state index in [1.165, 1.54) is 0 Å².